The van der Waals surface area contributed by atoms with Crippen LogP contribution >= 0.6 is 0 Å². The molecule has 5 nitrogen and oxygen atoms in total. The Kier molecular flexibility index (Phi) is 5.30. The molecule has 0 amide bonds. The van der Waals surface area contributed by atoms with Crippen molar-refractivity contribution in [2.24, 2.45) is 0 Å². The second-order valence-electron chi connectivity index (χ2n) is 5.67. The number of alkyl halides is 3. The minimum Gasteiger partial charge on any atom is -0.496 e. The van der Waals surface area contributed by atoms with E-state index in [9.17, 15) is 18.0 Å². The number of methoxy groups -OCH3 is 2. The van der Waals surface area contributed by atoms with Crippen molar-refractivity contribution in [2.45, 2.75) is 6.36 Å². The van der Waals surface area contributed by atoms with Crippen LogP contribution in [-0.2, 0) is 0 Å². The maximum Gasteiger partial charge on any atom is 0.573 e. The molecule has 2 aromatic carbocycles. The van der Waals surface area contributed by atoms with Gasteiger partial charge in [-0.05, 0) is 23.8 Å². The maximum absolute atomic E-state index is 12.4. The summed E-state index contributed by atoms with van der Waals surface area (Å²) in [4.78, 5) is 12.4. The number of rotatable bonds is 5. The predicted molar refractivity (Wildman–Crippen MR) is 97.6 cm³/mol. The number of hydrogen-bond donors (Lipinski definition) is 0. The van der Waals surface area contributed by atoms with Crippen LogP contribution in [0.1, 0.15) is 11.3 Å². The van der Waals surface area contributed by atoms with Crippen LogP contribution in [0.5, 0.6) is 17.2 Å². The number of hydrogen-bond acceptors (Lipinski definition) is 5. The molecule has 0 radical (unpaired) electrons. The zero-order valence-electron chi connectivity index (χ0n) is 14.9. The molecule has 3 aromatic rings. The monoisotopic (exact) mass is 392 g/mol. The van der Waals surface area contributed by atoms with Crippen LogP contribution in [0.2, 0.25) is 0 Å². The van der Waals surface area contributed by atoms with Crippen molar-refractivity contribution in [3.63, 3.8) is 0 Å². The second kappa shape index (κ2) is 7.67. The molecular formula is C20H15F3O5. The number of benzene rings is 2. The Balaban J connectivity index is 1.91. The third kappa shape index (κ3) is 4.46. The first-order valence-corrected chi connectivity index (χ1v) is 8.03. The van der Waals surface area contributed by atoms with Crippen LogP contribution in [0.4, 0.5) is 13.2 Å². The Morgan fingerprint density at radius 1 is 0.929 bits per heavy atom. The van der Waals surface area contributed by atoms with E-state index >= 15 is 0 Å². The van der Waals surface area contributed by atoms with Gasteiger partial charge in [0, 0.05) is 18.2 Å². The van der Waals surface area contributed by atoms with Crippen molar-refractivity contribution < 1.29 is 31.8 Å². The van der Waals surface area contributed by atoms with Crippen LogP contribution in [0.15, 0.2) is 51.7 Å². The highest BCUT2D eigenvalue weighted by Crippen LogP contribution is 2.30. The Morgan fingerprint density at radius 3 is 2.25 bits per heavy atom. The van der Waals surface area contributed by atoms with Gasteiger partial charge in [0.1, 0.15) is 34.0 Å². The highest BCUT2D eigenvalue weighted by atomic mass is 19.4. The van der Waals surface area contributed by atoms with Gasteiger partial charge in [0.05, 0.1) is 14.2 Å². The standard InChI is InChI=1S/C20H15F3O5/c1-25-15-10-17(26-2)19-16(24)9-14(27-18(19)11-15)8-5-12-3-6-13(7-4-12)28-20(21,22)23/h3-11H,1-2H3/b8-5+. The summed E-state index contributed by atoms with van der Waals surface area (Å²) in [6.07, 6.45) is -1.61. The maximum atomic E-state index is 12.4. The average Bonchev–Trinajstić information content (AvgIpc) is 2.65. The molecule has 146 valence electrons. The van der Waals surface area contributed by atoms with E-state index in [2.05, 4.69) is 4.74 Å². The molecule has 0 aliphatic carbocycles. The highest BCUT2D eigenvalue weighted by Gasteiger charge is 2.30. The fourth-order valence-corrected chi connectivity index (χ4v) is 2.57. The molecular weight excluding hydrogens is 377 g/mol. The molecule has 8 heteroatoms. The topological polar surface area (TPSA) is 57.9 Å². The average molecular weight is 392 g/mol. The number of halogens is 3. The lowest BCUT2D eigenvalue weighted by molar-refractivity contribution is -0.274. The van der Waals surface area contributed by atoms with Crippen LogP contribution in [-0.4, -0.2) is 20.6 Å². The molecule has 0 aliphatic rings. The quantitative estimate of drug-likeness (QED) is 0.620. The zero-order valence-corrected chi connectivity index (χ0v) is 14.9. The fraction of sp³-hybridized carbons (Fsp3) is 0.150. The Hall–Kier alpha value is -3.42. The lowest BCUT2D eigenvalue weighted by Crippen LogP contribution is -2.16. The van der Waals surface area contributed by atoms with Crippen molar-refractivity contribution in [1.82, 2.24) is 0 Å². The molecule has 28 heavy (non-hydrogen) atoms. The van der Waals surface area contributed by atoms with Gasteiger partial charge in [0.15, 0.2) is 5.43 Å². The SMILES string of the molecule is COc1cc(OC)c2c(=O)cc(/C=C/c3ccc(OC(F)(F)F)cc3)oc2c1. The largest absolute Gasteiger partial charge is 0.573 e. The molecule has 0 saturated heterocycles. The molecule has 0 bridgehead atoms. The molecule has 0 saturated carbocycles. The van der Waals surface area contributed by atoms with Gasteiger partial charge in [-0.1, -0.05) is 18.2 Å². The summed E-state index contributed by atoms with van der Waals surface area (Å²) >= 11 is 0. The Bertz CT molecular complexity index is 1070. The molecule has 0 unspecified atom stereocenters. The van der Waals surface area contributed by atoms with E-state index in [1.807, 2.05) is 0 Å². The Morgan fingerprint density at radius 2 is 1.64 bits per heavy atom. The smallest absolute Gasteiger partial charge is 0.496 e. The highest BCUT2D eigenvalue weighted by molar-refractivity contribution is 5.86. The number of ether oxygens (including phenoxy) is 3. The summed E-state index contributed by atoms with van der Waals surface area (Å²) in [5, 5.41) is 0.286. The van der Waals surface area contributed by atoms with E-state index in [1.54, 1.807) is 18.2 Å². The molecule has 1 aromatic heterocycles. The summed E-state index contributed by atoms with van der Waals surface area (Å²) in [6.45, 7) is 0. The first-order valence-electron chi connectivity index (χ1n) is 8.03. The third-order valence-electron chi connectivity index (χ3n) is 3.80. The van der Waals surface area contributed by atoms with Gasteiger partial charge < -0.3 is 18.6 Å². The first-order chi connectivity index (χ1) is 13.3. The van der Waals surface area contributed by atoms with Crippen molar-refractivity contribution in [3.05, 3.63) is 64.0 Å². The van der Waals surface area contributed by atoms with Gasteiger partial charge in [-0.3, -0.25) is 4.79 Å². The molecule has 0 aliphatic heterocycles. The van der Waals surface area contributed by atoms with Crippen LogP contribution in [0, 0.1) is 0 Å². The molecule has 0 spiro atoms. The molecule has 0 N–H and O–H groups in total. The van der Waals surface area contributed by atoms with Crippen LogP contribution in [0.25, 0.3) is 23.1 Å². The minimum absolute atomic E-state index is 0.267. The lowest BCUT2D eigenvalue weighted by atomic mass is 10.1. The van der Waals surface area contributed by atoms with E-state index < -0.39 is 6.36 Å². The molecule has 1 heterocycles. The summed E-state index contributed by atoms with van der Waals surface area (Å²) in [5.41, 5.74) is 0.590. The summed E-state index contributed by atoms with van der Waals surface area (Å²) in [5.74, 6) is 0.747. The third-order valence-corrected chi connectivity index (χ3v) is 3.80. The summed E-state index contributed by atoms with van der Waals surface area (Å²) in [6, 6.07) is 9.73. The van der Waals surface area contributed by atoms with E-state index in [-0.39, 0.29) is 27.9 Å². The lowest BCUT2D eigenvalue weighted by Gasteiger charge is -2.08. The van der Waals surface area contributed by atoms with Crippen LogP contribution in [0.3, 0.4) is 0 Å². The van der Waals surface area contributed by atoms with E-state index in [4.69, 9.17) is 13.9 Å². The fourth-order valence-electron chi connectivity index (χ4n) is 2.57. The van der Waals surface area contributed by atoms with Gasteiger partial charge in [-0.25, -0.2) is 0 Å². The van der Waals surface area contributed by atoms with Crippen molar-refractivity contribution in [3.8, 4) is 17.2 Å². The van der Waals surface area contributed by atoms with E-state index in [0.717, 1.165) is 0 Å². The summed E-state index contributed by atoms with van der Waals surface area (Å²) in [7, 11) is 2.92. The van der Waals surface area contributed by atoms with Gasteiger partial charge >= 0.3 is 6.36 Å². The van der Waals surface area contributed by atoms with Crippen molar-refractivity contribution in [1.29, 1.82) is 0 Å². The van der Waals surface area contributed by atoms with Gasteiger partial charge in [0.25, 0.3) is 0 Å². The Labute approximate surface area is 157 Å². The first kappa shape index (κ1) is 19.3. The van der Waals surface area contributed by atoms with Crippen molar-refractivity contribution >= 4 is 23.1 Å². The summed E-state index contributed by atoms with van der Waals surface area (Å²) < 4.78 is 56.5. The molecule has 3 rings (SSSR count). The van der Waals surface area contributed by atoms with Crippen LogP contribution < -0.4 is 19.6 Å². The van der Waals surface area contributed by atoms with Gasteiger partial charge in [-0.2, -0.15) is 0 Å². The number of fused-ring (bicyclic) bond motifs is 1. The van der Waals surface area contributed by atoms with Crippen molar-refractivity contribution in [2.75, 3.05) is 14.2 Å². The van der Waals surface area contributed by atoms with E-state index in [0.29, 0.717) is 17.1 Å². The zero-order chi connectivity index (χ0) is 20.3. The normalized spacial score (nSPS) is 11.8. The molecule has 0 atom stereocenters. The molecule has 0 fully saturated rings. The second-order valence-corrected chi connectivity index (χ2v) is 5.67. The predicted octanol–water partition coefficient (Wildman–Crippen LogP) is 4.88. The van der Waals surface area contributed by atoms with Gasteiger partial charge in [0.2, 0.25) is 0 Å². The van der Waals surface area contributed by atoms with Gasteiger partial charge in [-0.15, -0.1) is 13.2 Å². The minimum atomic E-state index is -4.74. The van der Waals surface area contributed by atoms with E-state index in [1.165, 1.54) is 50.6 Å².